The van der Waals surface area contributed by atoms with Gasteiger partial charge in [-0.15, -0.1) is 0 Å². The topological polar surface area (TPSA) is 49.3 Å². The van der Waals surface area contributed by atoms with Gasteiger partial charge >= 0.3 is 5.97 Å². The molecule has 21 heavy (non-hydrogen) atoms. The van der Waals surface area contributed by atoms with E-state index in [0.717, 1.165) is 15.6 Å². The van der Waals surface area contributed by atoms with E-state index in [9.17, 15) is 9.90 Å². The Bertz CT molecular complexity index is 615. The summed E-state index contributed by atoms with van der Waals surface area (Å²) in [5.74, 6) is -0.862. The van der Waals surface area contributed by atoms with Crippen molar-refractivity contribution in [3.63, 3.8) is 0 Å². The highest BCUT2D eigenvalue weighted by Crippen LogP contribution is 2.28. The molecule has 0 fully saturated rings. The summed E-state index contributed by atoms with van der Waals surface area (Å²) in [5.41, 5.74) is 0.731. The van der Waals surface area contributed by atoms with E-state index >= 15 is 0 Å². The Kier molecular flexibility index (Phi) is 5.15. The highest BCUT2D eigenvalue weighted by Gasteiger charge is 2.38. The van der Waals surface area contributed by atoms with Crippen molar-refractivity contribution in [3.8, 4) is 0 Å². The Morgan fingerprint density at radius 2 is 1.90 bits per heavy atom. The fourth-order valence-electron chi connectivity index (χ4n) is 2.38. The number of halogens is 1. The molecule has 2 rings (SSSR count). The summed E-state index contributed by atoms with van der Waals surface area (Å²) in [6, 6.07) is 17.3. The fraction of sp³-hybridized carbons (Fsp3) is 0.235. The predicted octanol–water partition coefficient (Wildman–Crippen LogP) is 3.93. The van der Waals surface area contributed by atoms with Crippen LogP contribution < -0.4 is 5.32 Å². The van der Waals surface area contributed by atoms with Crippen LogP contribution >= 0.6 is 15.9 Å². The molecule has 2 aromatic rings. The van der Waals surface area contributed by atoms with E-state index in [1.165, 1.54) is 0 Å². The number of rotatable bonds is 6. The zero-order chi connectivity index (χ0) is 15.3. The Hall–Kier alpha value is -1.65. The molecule has 0 heterocycles. The molecule has 0 bridgehead atoms. The first kappa shape index (κ1) is 15.7. The van der Waals surface area contributed by atoms with Crippen molar-refractivity contribution >= 4 is 21.9 Å². The minimum absolute atomic E-state index is 0.464. The molecule has 2 N–H and O–H groups in total. The van der Waals surface area contributed by atoms with Crippen LogP contribution in [0.2, 0.25) is 0 Å². The summed E-state index contributed by atoms with van der Waals surface area (Å²) >= 11 is 3.41. The summed E-state index contributed by atoms with van der Waals surface area (Å²) in [6.07, 6.45) is 0.464. The SMILES string of the molecule is CCC(NCc1ccccc1)(C(=O)O)c1cccc(Br)c1. The van der Waals surface area contributed by atoms with Crippen LogP contribution in [0, 0.1) is 0 Å². The molecule has 0 amide bonds. The molecule has 0 aliphatic carbocycles. The summed E-state index contributed by atoms with van der Waals surface area (Å²) in [7, 11) is 0. The number of carbonyl (C=O) groups is 1. The molecule has 1 atom stereocenters. The fourth-order valence-corrected chi connectivity index (χ4v) is 2.78. The van der Waals surface area contributed by atoms with Crippen LogP contribution in [-0.2, 0) is 16.9 Å². The van der Waals surface area contributed by atoms with Gasteiger partial charge in [0.05, 0.1) is 0 Å². The van der Waals surface area contributed by atoms with Gasteiger partial charge in [0.15, 0.2) is 0 Å². The lowest BCUT2D eigenvalue weighted by Crippen LogP contribution is -2.48. The Balaban J connectivity index is 2.31. The van der Waals surface area contributed by atoms with Gasteiger partial charge in [-0.2, -0.15) is 0 Å². The van der Waals surface area contributed by atoms with Crippen molar-refractivity contribution in [2.45, 2.75) is 25.4 Å². The summed E-state index contributed by atoms with van der Waals surface area (Å²) in [4.78, 5) is 11.9. The number of carboxylic acid groups (broad SMARTS) is 1. The third-order valence-electron chi connectivity index (χ3n) is 3.65. The maximum Gasteiger partial charge on any atom is 0.328 e. The average molecular weight is 348 g/mol. The van der Waals surface area contributed by atoms with Crippen molar-refractivity contribution in [1.82, 2.24) is 5.32 Å². The minimum Gasteiger partial charge on any atom is -0.480 e. The van der Waals surface area contributed by atoms with E-state index in [-0.39, 0.29) is 0 Å². The van der Waals surface area contributed by atoms with Crippen molar-refractivity contribution < 1.29 is 9.90 Å². The molecule has 4 heteroatoms. The second-order valence-corrected chi connectivity index (χ2v) is 5.83. The molecule has 0 saturated heterocycles. The van der Waals surface area contributed by atoms with Crippen LogP contribution in [0.4, 0.5) is 0 Å². The van der Waals surface area contributed by atoms with Gasteiger partial charge in [-0.25, -0.2) is 4.79 Å². The Labute approximate surface area is 133 Å². The molecular formula is C17H18BrNO2. The molecule has 0 radical (unpaired) electrons. The molecule has 0 saturated carbocycles. The monoisotopic (exact) mass is 347 g/mol. The molecule has 0 spiro atoms. The third-order valence-corrected chi connectivity index (χ3v) is 4.14. The van der Waals surface area contributed by atoms with Gasteiger partial charge in [0.25, 0.3) is 0 Å². The lowest BCUT2D eigenvalue weighted by Gasteiger charge is -2.30. The molecule has 3 nitrogen and oxygen atoms in total. The molecule has 0 aliphatic heterocycles. The number of hydrogen-bond acceptors (Lipinski definition) is 2. The molecular weight excluding hydrogens is 330 g/mol. The van der Waals surface area contributed by atoms with Gasteiger partial charge in [0.1, 0.15) is 5.54 Å². The van der Waals surface area contributed by atoms with Gasteiger partial charge in [-0.05, 0) is 29.7 Å². The van der Waals surface area contributed by atoms with Crippen LogP contribution in [0.15, 0.2) is 59.1 Å². The molecule has 0 aromatic heterocycles. The standard InChI is InChI=1S/C17H18BrNO2/c1-2-17(16(20)21,14-9-6-10-15(18)11-14)19-12-13-7-4-3-5-8-13/h3-11,19H,2,12H2,1H3,(H,20,21). The zero-order valence-corrected chi connectivity index (χ0v) is 13.4. The van der Waals surface area contributed by atoms with E-state index in [2.05, 4.69) is 21.2 Å². The van der Waals surface area contributed by atoms with Crippen LogP contribution in [-0.4, -0.2) is 11.1 Å². The van der Waals surface area contributed by atoms with Crippen molar-refractivity contribution in [2.24, 2.45) is 0 Å². The van der Waals surface area contributed by atoms with E-state index in [0.29, 0.717) is 13.0 Å². The second-order valence-electron chi connectivity index (χ2n) is 4.91. The summed E-state index contributed by atoms with van der Waals surface area (Å²) in [5, 5.41) is 13.0. The van der Waals surface area contributed by atoms with Crippen molar-refractivity contribution in [2.75, 3.05) is 0 Å². The second kappa shape index (κ2) is 6.87. The van der Waals surface area contributed by atoms with Crippen LogP contribution in [0.1, 0.15) is 24.5 Å². The number of benzene rings is 2. The number of carboxylic acids is 1. The third kappa shape index (κ3) is 3.52. The van der Waals surface area contributed by atoms with E-state index in [4.69, 9.17) is 0 Å². The Morgan fingerprint density at radius 3 is 2.48 bits per heavy atom. The first-order valence-electron chi connectivity index (χ1n) is 6.87. The van der Waals surface area contributed by atoms with E-state index in [1.54, 1.807) is 0 Å². The van der Waals surface area contributed by atoms with Crippen LogP contribution in [0.25, 0.3) is 0 Å². The number of nitrogens with one attached hydrogen (secondary N) is 1. The lowest BCUT2D eigenvalue weighted by atomic mass is 9.87. The normalized spacial score (nSPS) is 13.6. The van der Waals surface area contributed by atoms with Gasteiger partial charge < -0.3 is 5.11 Å². The zero-order valence-electron chi connectivity index (χ0n) is 11.8. The number of hydrogen-bond donors (Lipinski definition) is 2. The van der Waals surface area contributed by atoms with E-state index < -0.39 is 11.5 Å². The van der Waals surface area contributed by atoms with Gasteiger partial charge in [-0.1, -0.05) is 65.3 Å². The highest BCUT2D eigenvalue weighted by atomic mass is 79.9. The quantitative estimate of drug-likeness (QED) is 0.832. The smallest absolute Gasteiger partial charge is 0.328 e. The molecule has 0 aliphatic rings. The Morgan fingerprint density at radius 1 is 1.19 bits per heavy atom. The average Bonchev–Trinajstić information content (AvgIpc) is 2.49. The van der Waals surface area contributed by atoms with Crippen LogP contribution in [0.3, 0.4) is 0 Å². The molecule has 2 aromatic carbocycles. The molecule has 1 unspecified atom stereocenters. The predicted molar refractivity (Wildman–Crippen MR) is 87.0 cm³/mol. The maximum atomic E-state index is 11.9. The first-order valence-corrected chi connectivity index (χ1v) is 7.66. The number of aliphatic carboxylic acids is 1. The van der Waals surface area contributed by atoms with Crippen molar-refractivity contribution in [1.29, 1.82) is 0 Å². The van der Waals surface area contributed by atoms with Gasteiger partial charge in [0.2, 0.25) is 0 Å². The summed E-state index contributed by atoms with van der Waals surface area (Å²) < 4.78 is 0.876. The van der Waals surface area contributed by atoms with Gasteiger partial charge in [0, 0.05) is 11.0 Å². The first-order chi connectivity index (χ1) is 10.1. The lowest BCUT2D eigenvalue weighted by molar-refractivity contribution is -0.145. The molecule has 110 valence electrons. The minimum atomic E-state index is -1.08. The van der Waals surface area contributed by atoms with E-state index in [1.807, 2.05) is 61.5 Å². The maximum absolute atomic E-state index is 11.9. The van der Waals surface area contributed by atoms with Gasteiger partial charge in [-0.3, -0.25) is 5.32 Å². The van der Waals surface area contributed by atoms with Crippen LogP contribution in [0.5, 0.6) is 0 Å². The van der Waals surface area contributed by atoms with Crippen molar-refractivity contribution in [3.05, 3.63) is 70.2 Å². The highest BCUT2D eigenvalue weighted by molar-refractivity contribution is 9.10. The largest absolute Gasteiger partial charge is 0.480 e. The summed E-state index contributed by atoms with van der Waals surface area (Å²) in [6.45, 7) is 2.39.